The van der Waals surface area contributed by atoms with E-state index in [0.29, 0.717) is 0 Å². The molecule has 2 rings (SSSR count). The second-order valence-electron chi connectivity index (χ2n) is 3.34. The molecule has 0 aliphatic carbocycles. The average Bonchev–Trinajstić information content (AvgIpc) is 2.41. The van der Waals surface area contributed by atoms with Gasteiger partial charge >= 0.3 is 0 Å². The van der Waals surface area contributed by atoms with Crippen LogP contribution < -0.4 is 0 Å². The molecule has 0 saturated heterocycles. The summed E-state index contributed by atoms with van der Waals surface area (Å²) in [6.07, 6.45) is 9.10. The Morgan fingerprint density at radius 1 is 1.58 bits per heavy atom. The van der Waals surface area contributed by atoms with Gasteiger partial charge in [0.25, 0.3) is 0 Å². The standard InChI is InChI=1S/C10H12O2/c1-2-5-10-6-3-8(11)9(12-10)4-7-10/h3-4,6-7,9H,2,5H2,1H3. The highest BCUT2D eigenvalue weighted by Crippen LogP contribution is 2.33. The maximum Gasteiger partial charge on any atom is 0.188 e. The van der Waals surface area contributed by atoms with Crippen LogP contribution in [0.4, 0.5) is 0 Å². The van der Waals surface area contributed by atoms with Gasteiger partial charge in [0, 0.05) is 0 Å². The molecule has 0 N–H and O–H groups in total. The summed E-state index contributed by atoms with van der Waals surface area (Å²) in [5.74, 6) is 0.0653. The fraction of sp³-hybridized carbons (Fsp3) is 0.500. The number of ether oxygens (including phenoxy) is 1. The van der Waals surface area contributed by atoms with E-state index in [9.17, 15) is 4.79 Å². The second-order valence-corrected chi connectivity index (χ2v) is 3.34. The lowest BCUT2D eigenvalue weighted by atomic mass is 9.97. The van der Waals surface area contributed by atoms with Crippen LogP contribution in [0.3, 0.4) is 0 Å². The van der Waals surface area contributed by atoms with Crippen molar-refractivity contribution in [2.75, 3.05) is 0 Å². The summed E-state index contributed by atoms with van der Waals surface area (Å²) in [6.45, 7) is 2.11. The molecule has 0 saturated carbocycles. The molecular weight excluding hydrogens is 152 g/mol. The van der Waals surface area contributed by atoms with Crippen LogP contribution in [0, 0.1) is 0 Å². The van der Waals surface area contributed by atoms with Crippen LogP contribution >= 0.6 is 0 Å². The number of carbonyl (C=O) groups is 1. The third kappa shape index (κ3) is 1.03. The predicted molar refractivity (Wildman–Crippen MR) is 45.8 cm³/mol. The van der Waals surface area contributed by atoms with Gasteiger partial charge in [-0.3, -0.25) is 4.79 Å². The molecule has 0 aromatic rings. The van der Waals surface area contributed by atoms with Crippen molar-refractivity contribution in [3.63, 3.8) is 0 Å². The molecule has 0 aromatic heterocycles. The number of hydrogen-bond donors (Lipinski definition) is 0. The molecule has 2 atom stereocenters. The van der Waals surface area contributed by atoms with Crippen LogP contribution in [-0.4, -0.2) is 17.5 Å². The third-order valence-electron chi connectivity index (χ3n) is 2.35. The SMILES string of the molecule is CCCC12C=CC(=O)C(C=C1)O2. The molecule has 2 unspecified atom stereocenters. The molecule has 12 heavy (non-hydrogen) atoms. The van der Waals surface area contributed by atoms with Gasteiger partial charge in [-0.15, -0.1) is 0 Å². The van der Waals surface area contributed by atoms with Gasteiger partial charge in [0.05, 0.1) is 0 Å². The van der Waals surface area contributed by atoms with Crippen LogP contribution in [0.2, 0.25) is 0 Å². The van der Waals surface area contributed by atoms with Crippen molar-refractivity contribution in [2.45, 2.75) is 31.5 Å². The first-order chi connectivity index (χ1) is 5.76. The highest BCUT2D eigenvalue weighted by atomic mass is 16.5. The van der Waals surface area contributed by atoms with Crippen molar-refractivity contribution in [3.05, 3.63) is 24.3 Å². The molecule has 2 aliphatic rings. The van der Waals surface area contributed by atoms with Gasteiger partial charge < -0.3 is 4.74 Å². The van der Waals surface area contributed by atoms with Crippen LogP contribution in [0.15, 0.2) is 24.3 Å². The molecule has 2 bridgehead atoms. The molecule has 2 heterocycles. The van der Waals surface area contributed by atoms with E-state index in [4.69, 9.17) is 4.74 Å². The molecule has 2 nitrogen and oxygen atoms in total. The zero-order valence-corrected chi connectivity index (χ0v) is 7.12. The van der Waals surface area contributed by atoms with E-state index in [0.717, 1.165) is 12.8 Å². The summed E-state index contributed by atoms with van der Waals surface area (Å²) < 4.78 is 5.59. The lowest BCUT2D eigenvalue weighted by Gasteiger charge is -2.27. The fourth-order valence-corrected chi connectivity index (χ4v) is 1.75. The molecule has 0 radical (unpaired) electrons. The van der Waals surface area contributed by atoms with Crippen molar-refractivity contribution in [2.24, 2.45) is 0 Å². The smallest absolute Gasteiger partial charge is 0.188 e. The van der Waals surface area contributed by atoms with E-state index in [1.54, 1.807) is 6.08 Å². The summed E-state index contributed by atoms with van der Waals surface area (Å²) in [6, 6.07) is 0. The molecular formula is C10H12O2. The Bertz CT molecular complexity index is 265. The number of hydrogen-bond acceptors (Lipinski definition) is 2. The first-order valence-electron chi connectivity index (χ1n) is 4.36. The summed E-state index contributed by atoms with van der Waals surface area (Å²) in [4.78, 5) is 11.1. The number of carbonyl (C=O) groups excluding carboxylic acids is 1. The van der Waals surface area contributed by atoms with Crippen LogP contribution in [0.5, 0.6) is 0 Å². The van der Waals surface area contributed by atoms with E-state index in [-0.39, 0.29) is 17.5 Å². The topological polar surface area (TPSA) is 26.3 Å². The zero-order valence-electron chi connectivity index (χ0n) is 7.12. The molecule has 0 amide bonds. The van der Waals surface area contributed by atoms with E-state index in [1.807, 2.05) is 18.2 Å². The fourth-order valence-electron chi connectivity index (χ4n) is 1.75. The maximum absolute atomic E-state index is 11.1. The second kappa shape index (κ2) is 2.56. The molecule has 2 aliphatic heterocycles. The van der Waals surface area contributed by atoms with Gasteiger partial charge in [0.2, 0.25) is 0 Å². The summed E-state index contributed by atoms with van der Waals surface area (Å²) in [7, 11) is 0. The summed E-state index contributed by atoms with van der Waals surface area (Å²) >= 11 is 0. The van der Waals surface area contributed by atoms with Gasteiger partial charge in [0.15, 0.2) is 5.78 Å². The van der Waals surface area contributed by atoms with Gasteiger partial charge in [0.1, 0.15) is 11.7 Å². The molecule has 0 spiro atoms. The Morgan fingerprint density at radius 3 is 3.17 bits per heavy atom. The van der Waals surface area contributed by atoms with E-state index in [2.05, 4.69) is 6.92 Å². The van der Waals surface area contributed by atoms with Crippen molar-refractivity contribution < 1.29 is 9.53 Å². The van der Waals surface area contributed by atoms with Crippen molar-refractivity contribution >= 4 is 5.78 Å². The maximum atomic E-state index is 11.1. The predicted octanol–water partition coefficient (Wildman–Crippen LogP) is 1.62. The summed E-state index contributed by atoms with van der Waals surface area (Å²) in [5, 5.41) is 0. The molecule has 64 valence electrons. The van der Waals surface area contributed by atoms with Crippen LogP contribution in [0.25, 0.3) is 0 Å². The molecule has 2 heteroatoms. The quantitative estimate of drug-likeness (QED) is 0.580. The minimum atomic E-state index is -0.304. The van der Waals surface area contributed by atoms with Gasteiger partial charge in [-0.2, -0.15) is 0 Å². The number of fused-ring (bicyclic) bond motifs is 2. The van der Waals surface area contributed by atoms with Gasteiger partial charge in [-0.05, 0) is 30.7 Å². The first-order valence-corrected chi connectivity index (χ1v) is 4.36. The van der Waals surface area contributed by atoms with Gasteiger partial charge in [-0.25, -0.2) is 0 Å². The molecule has 0 aromatic carbocycles. The normalized spacial score (nSPS) is 37.8. The van der Waals surface area contributed by atoms with E-state index >= 15 is 0 Å². The Morgan fingerprint density at radius 2 is 2.42 bits per heavy atom. The Balaban J connectivity index is 2.26. The average molecular weight is 164 g/mol. The van der Waals surface area contributed by atoms with Crippen molar-refractivity contribution in [3.8, 4) is 0 Å². The van der Waals surface area contributed by atoms with Gasteiger partial charge in [-0.1, -0.05) is 13.3 Å². The minimum Gasteiger partial charge on any atom is -0.351 e. The van der Waals surface area contributed by atoms with E-state index in [1.165, 1.54) is 0 Å². The molecule has 0 fully saturated rings. The highest BCUT2D eigenvalue weighted by Gasteiger charge is 2.38. The lowest BCUT2D eigenvalue weighted by Crippen LogP contribution is -2.34. The zero-order chi connectivity index (χ0) is 8.60. The third-order valence-corrected chi connectivity index (χ3v) is 2.35. The first kappa shape index (κ1) is 7.74. The Kier molecular flexibility index (Phi) is 1.65. The van der Waals surface area contributed by atoms with Crippen LogP contribution in [-0.2, 0) is 9.53 Å². The van der Waals surface area contributed by atoms with Crippen molar-refractivity contribution in [1.29, 1.82) is 0 Å². The van der Waals surface area contributed by atoms with Crippen molar-refractivity contribution in [1.82, 2.24) is 0 Å². The number of rotatable bonds is 2. The minimum absolute atomic E-state index is 0.0653. The Labute approximate surface area is 71.9 Å². The Hall–Kier alpha value is -0.890. The van der Waals surface area contributed by atoms with E-state index < -0.39 is 0 Å². The lowest BCUT2D eigenvalue weighted by molar-refractivity contribution is -0.128. The number of ketones is 1. The highest BCUT2D eigenvalue weighted by molar-refractivity contribution is 5.96. The largest absolute Gasteiger partial charge is 0.351 e. The monoisotopic (exact) mass is 164 g/mol. The van der Waals surface area contributed by atoms with Crippen LogP contribution in [0.1, 0.15) is 19.8 Å². The summed E-state index contributed by atoms with van der Waals surface area (Å²) in [5.41, 5.74) is -0.257.